The molecule has 4 nitrogen and oxygen atoms in total. The zero-order valence-electron chi connectivity index (χ0n) is 12.8. The van der Waals surface area contributed by atoms with E-state index in [2.05, 4.69) is 10.5 Å². The number of rotatable bonds is 6. The van der Waals surface area contributed by atoms with E-state index in [9.17, 15) is 4.79 Å². The predicted octanol–water partition coefficient (Wildman–Crippen LogP) is 3.98. The molecule has 0 aliphatic rings. The molecule has 0 bridgehead atoms. The molecule has 2 aromatic carbocycles. The lowest BCUT2D eigenvalue weighted by atomic mass is 10.2. The Morgan fingerprint density at radius 2 is 1.96 bits per heavy atom. The van der Waals surface area contributed by atoms with Gasteiger partial charge in [0.05, 0.1) is 18.6 Å². The minimum absolute atomic E-state index is 0.170. The third kappa shape index (κ3) is 5.30. The van der Waals surface area contributed by atoms with E-state index >= 15 is 0 Å². The number of thioether (sulfide) groups is 1. The van der Waals surface area contributed by atoms with Gasteiger partial charge < -0.3 is 4.74 Å². The van der Waals surface area contributed by atoms with E-state index in [-0.39, 0.29) is 11.2 Å². The molecular formula is C17H17ClN2O2S. The van der Waals surface area contributed by atoms with E-state index in [1.807, 2.05) is 43.3 Å². The van der Waals surface area contributed by atoms with Gasteiger partial charge in [-0.1, -0.05) is 23.7 Å². The van der Waals surface area contributed by atoms with Crippen LogP contribution in [0.4, 0.5) is 0 Å². The number of hydrogen-bond acceptors (Lipinski definition) is 4. The molecule has 0 aliphatic carbocycles. The van der Waals surface area contributed by atoms with E-state index in [4.69, 9.17) is 16.3 Å². The zero-order valence-corrected chi connectivity index (χ0v) is 14.4. The summed E-state index contributed by atoms with van der Waals surface area (Å²) in [5, 5.41) is 4.39. The third-order valence-electron chi connectivity index (χ3n) is 3.01. The minimum Gasteiger partial charge on any atom is -0.496 e. The number of hydrogen-bond donors (Lipinski definition) is 1. The Balaban J connectivity index is 1.90. The standard InChI is InChI=1S/C17H17ClN2O2S/c1-12(23-15-9-7-14(18)8-10-15)17(21)20-19-11-13-5-3-4-6-16(13)22-2/h3-12H,1-2H3,(H,20,21)/b19-11-/t12-/m0/s1. The molecule has 0 aromatic heterocycles. The van der Waals surface area contributed by atoms with Crippen LogP contribution in [-0.2, 0) is 4.79 Å². The van der Waals surface area contributed by atoms with Crippen LogP contribution < -0.4 is 10.2 Å². The van der Waals surface area contributed by atoms with Crippen molar-refractivity contribution >= 4 is 35.5 Å². The van der Waals surface area contributed by atoms with E-state index in [1.54, 1.807) is 25.5 Å². The van der Waals surface area contributed by atoms with Crippen LogP contribution in [0.1, 0.15) is 12.5 Å². The molecule has 2 rings (SSSR count). The predicted molar refractivity (Wildman–Crippen MR) is 95.5 cm³/mol. The highest BCUT2D eigenvalue weighted by Crippen LogP contribution is 2.24. The van der Waals surface area contributed by atoms with Gasteiger partial charge in [0, 0.05) is 15.5 Å². The molecule has 120 valence electrons. The fourth-order valence-corrected chi connectivity index (χ4v) is 2.79. The van der Waals surface area contributed by atoms with Crippen molar-refractivity contribution in [1.82, 2.24) is 5.43 Å². The van der Waals surface area contributed by atoms with Gasteiger partial charge in [0.25, 0.3) is 5.91 Å². The lowest BCUT2D eigenvalue weighted by Crippen LogP contribution is -2.26. The number of nitrogens with one attached hydrogen (secondary N) is 1. The molecule has 0 saturated heterocycles. The number of methoxy groups -OCH3 is 1. The van der Waals surface area contributed by atoms with Crippen molar-refractivity contribution in [2.24, 2.45) is 5.10 Å². The average Bonchev–Trinajstić information content (AvgIpc) is 2.57. The van der Waals surface area contributed by atoms with E-state index < -0.39 is 0 Å². The summed E-state index contributed by atoms with van der Waals surface area (Å²) in [5.74, 6) is 0.533. The Bertz CT molecular complexity index is 689. The third-order valence-corrected chi connectivity index (χ3v) is 4.38. The fraction of sp³-hybridized carbons (Fsp3) is 0.176. The van der Waals surface area contributed by atoms with Crippen molar-refractivity contribution in [2.45, 2.75) is 17.1 Å². The quantitative estimate of drug-likeness (QED) is 0.488. The smallest absolute Gasteiger partial charge is 0.253 e. The molecule has 6 heteroatoms. The Kier molecular flexibility index (Phi) is 6.50. The SMILES string of the molecule is COc1ccccc1/C=N\NC(=O)[C@H](C)Sc1ccc(Cl)cc1. The van der Waals surface area contributed by atoms with Gasteiger partial charge in [-0.3, -0.25) is 4.79 Å². The summed E-state index contributed by atoms with van der Waals surface area (Å²) in [6.45, 7) is 1.83. The molecule has 23 heavy (non-hydrogen) atoms. The Morgan fingerprint density at radius 3 is 2.65 bits per heavy atom. The van der Waals surface area contributed by atoms with Gasteiger partial charge in [-0.2, -0.15) is 5.10 Å². The monoisotopic (exact) mass is 348 g/mol. The van der Waals surface area contributed by atoms with Gasteiger partial charge in [-0.15, -0.1) is 11.8 Å². The number of amides is 1. The molecule has 0 saturated carbocycles. The molecule has 0 unspecified atom stereocenters. The topological polar surface area (TPSA) is 50.7 Å². The summed E-state index contributed by atoms with van der Waals surface area (Å²) < 4.78 is 5.22. The second-order valence-electron chi connectivity index (χ2n) is 4.69. The number of hydrazone groups is 1. The summed E-state index contributed by atoms with van der Waals surface area (Å²) in [6.07, 6.45) is 1.57. The van der Waals surface area contributed by atoms with Gasteiger partial charge in [0.15, 0.2) is 0 Å². The van der Waals surface area contributed by atoms with Crippen molar-refractivity contribution in [3.8, 4) is 5.75 Å². The highest BCUT2D eigenvalue weighted by atomic mass is 35.5. The Morgan fingerprint density at radius 1 is 1.26 bits per heavy atom. The number of carbonyl (C=O) groups excluding carboxylic acids is 1. The molecule has 0 heterocycles. The first-order valence-electron chi connectivity index (χ1n) is 6.98. The molecule has 0 radical (unpaired) electrons. The molecule has 1 amide bonds. The number of carbonyl (C=O) groups is 1. The Labute approximate surface area is 144 Å². The van der Waals surface area contributed by atoms with Gasteiger partial charge >= 0.3 is 0 Å². The minimum atomic E-state index is -0.272. The lowest BCUT2D eigenvalue weighted by Gasteiger charge is -2.09. The first-order valence-corrected chi connectivity index (χ1v) is 8.24. The first-order chi connectivity index (χ1) is 11.1. The number of benzene rings is 2. The van der Waals surface area contributed by atoms with Crippen LogP contribution in [0.3, 0.4) is 0 Å². The molecule has 2 aromatic rings. The first kappa shape index (κ1) is 17.4. The van der Waals surface area contributed by atoms with E-state index in [0.29, 0.717) is 10.8 Å². The van der Waals surface area contributed by atoms with Crippen LogP contribution in [0, 0.1) is 0 Å². The molecular weight excluding hydrogens is 332 g/mol. The normalized spacial score (nSPS) is 12.1. The second kappa shape index (κ2) is 8.60. The number of para-hydroxylation sites is 1. The van der Waals surface area contributed by atoms with Gasteiger partial charge in [-0.25, -0.2) is 5.43 Å². The van der Waals surface area contributed by atoms with E-state index in [0.717, 1.165) is 10.5 Å². The zero-order chi connectivity index (χ0) is 16.7. The largest absolute Gasteiger partial charge is 0.496 e. The number of nitrogens with zero attached hydrogens (tertiary/aromatic N) is 1. The summed E-state index contributed by atoms with van der Waals surface area (Å²) in [4.78, 5) is 13.0. The molecule has 0 aliphatic heterocycles. The van der Waals surface area contributed by atoms with E-state index in [1.165, 1.54) is 11.8 Å². The van der Waals surface area contributed by atoms with Crippen LogP contribution in [0.2, 0.25) is 5.02 Å². The van der Waals surface area contributed by atoms with Crippen molar-refractivity contribution in [3.63, 3.8) is 0 Å². The summed E-state index contributed by atoms with van der Waals surface area (Å²) in [6, 6.07) is 14.8. The lowest BCUT2D eigenvalue weighted by molar-refractivity contribution is -0.120. The average molecular weight is 349 g/mol. The maximum atomic E-state index is 12.1. The molecule has 0 fully saturated rings. The molecule has 0 spiro atoms. The highest BCUT2D eigenvalue weighted by Gasteiger charge is 2.13. The van der Waals surface area contributed by atoms with Crippen molar-refractivity contribution < 1.29 is 9.53 Å². The van der Waals surface area contributed by atoms with Gasteiger partial charge in [-0.05, 0) is 43.3 Å². The summed E-state index contributed by atoms with van der Waals surface area (Å²) >= 11 is 7.29. The van der Waals surface area contributed by atoms with Crippen molar-refractivity contribution in [1.29, 1.82) is 0 Å². The molecule has 1 N–H and O–H groups in total. The van der Waals surface area contributed by atoms with Crippen molar-refractivity contribution in [2.75, 3.05) is 7.11 Å². The van der Waals surface area contributed by atoms with Crippen molar-refractivity contribution in [3.05, 3.63) is 59.1 Å². The number of ether oxygens (including phenoxy) is 1. The van der Waals surface area contributed by atoms with Crippen LogP contribution >= 0.6 is 23.4 Å². The van der Waals surface area contributed by atoms with Crippen LogP contribution in [0.15, 0.2) is 58.5 Å². The Hall–Kier alpha value is -1.98. The summed E-state index contributed by atoms with van der Waals surface area (Å²) in [7, 11) is 1.59. The number of halogens is 1. The van der Waals surface area contributed by atoms with Crippen LogP contribution in [0.25, 0.3) is 0 Å². The fourth-order valence-electron chi connectivity index (χ4n) is 1.80. The van der Waals surface area contributed by atoms with Crippen LogP contribution in [0.5, 0.6) is 5.75 Å². The maximum Gasteiger partial charge on any atom is 0.253 e. The molecule has 1 atom stereocenters. The highest BCUT2D eigenvalue weighted by molar-refractivity contribution is 8.00. The van der Waals surface area contributed by atoms with Gasteiger partial charge in [0.2, 0.25) is 0 Å². The second-order valence-corrected chi connectivity index (χ2v) is 6.54. The maximum absolute atomic E-state index is 12.1. The van der Waals surface area contributed by atoms with Gasteiger partial charge in [0.1, 0.15) is 5.75 Å². The van der Waals surface area contributed by atoms with Crippen LogP contribution in [-0.4, -0.2) is 24.5 Å². The summed E-state index contributed by atoms with van der Waals surface area (Å²) in [5.41, 5.74) is 3.34.